The van der Waals surface area contributed by atoms with Gasteiger partial charge in [-0.15, -0.1) is 0 Å². The third kappa shape index (κ3) is 3.43. The molecular formula is C21H25ClN2O2S. The molecule has 1 aromatic rings. The third-order valence-electron chi connectivity index (χ3n) is 5.04. The molecule has 0 atom stereocenters. The van der Waals surface area contributed by atoms with Crippen molar-refractivity contribution in [3.63, 3.8) is 0 Å². The average molecular weight is 405 g/mol. The number of carbonyl (C=O) groups excluding carboxylic acids is 2. The predicted octanol–water partition coefficient (Wildman–Crippen LogP) is 5.81. The summed E-state index contributed by atoms with van der Waals surface area (Å²) in [6.07, 6.45) is 3.99. The van der Waals surface area contributed by atoms with E-state index in [4.69, 9.17) is 11.6 Å². The van der Waals surface area contributed by atoms with E-state index < -0.39 is 0 Å². The number of likely N-dealkylation sites (N-methyl/N-ethyl adjacent to an activating group) is 1. The number of thioether (sulfide) groups is 1. The van der Waals surface area contributed by atoms with Crippen LogP contribution >= 0.6 is 23.4 Å². The van der Waals surface area contributed by atoms with Gasteiger partial charge in [-0.05, 0) is 82.6 Å². The molecule has 2 aliphatic rings. The summed E-state index contributed by atoms with van der Waals surface area (Å²) in [4.78, 5) is 28.7. The number of hydrogen-bond donors (Lipinski definition) is 0. The molecule has 4 nitrogen and oxygen atoms in total. The van der Waals surface area contributed by atoms with E-state index in [0.717, 1.165) is 35.1 Å². The van der Waals surface area contributed by atoms with Crippen LogP contribution in [0.3, 0.4) is 0 Å². The van der Waals surface area contributed by atoms with Crippen molar-refractivity contribution in [2.45, 2.75) is 53.1 Å². The van der Waals surface area contributed by atoms with E-state index in [1.165, 1.54) is 10.5 Å². The fourth-order valence-electron chi connectivity index (χ4n) is 3.87. The van der Waals surface area contributed by atoms with Gasteiger partial charge in [0.15, 0.2) is 0 Å². The molecule has 2 amide bonds. The van der Waals surface area contributed by atoms with Crippen LogP contribution in [-0.4, -0.2) is 34.2 Å². The zero-order valence-corrected chi connectivity index (χ0v) is 18.2. The highest BCUT2D eigenvalue weighted by atomic mass is 35.5. The van der Waals surface area contributed by atoms with Crippen LogP contribution in [0, 0.1) is 0 Å². The van der Waals surface area contributed by atoms with Gasteiger partial charge in [0.2, 0.25) is 0 Å². The first kappa shape index (κ1) is 20.0. The van der Waals surface area contributed by atoms with Gasteiger partial charge < -0.3 is 4.90 Å². The van der Waals surface area contributed by atoms with Gasteiger partial charge >= 0.3 is 0 Å². The first-order chi connectivity index (χ1) is 12.6. The van der Waals surface area contributed by atoms with E-state index in [9.17, 15) is 9.59 Å². The molecule has 0 unspecified atom stereocenters. The van der Waals surface area contributed by atoms with Crippen molar-refractivity contribution in [2.24, 2.45) is 0 Å². The zero-order chi connectivity index (χ0) is 20.1. The van der Waals surface area contributed by atoms with E-state index in [-0.39, 0.29) is 22.7 Å². The van der Waals surface area contributed by atoms with Crippen molar-refractivity contribution >= 4 is 51.8 Å². The van der Waals surface area contributed by atoms with Crippen LogP contribution in [0.5, 0.6) is 0 Å². The summed E-state index contributed by atoms with van der Waals surface area (Å²) in [5.74, 6) is -0.252. The molecule has 1 saturated heterocycles. The lowest BCUT2D eigenvalue weighted by Gasteiger charge is -2.43. The lowest BCUT2D eigenvalue weighted by atomic mass is 9.88. The molecule has 0 aliphatic carbocycles. The smallest absolute Gasteiger partial charge is 0.293 e. The molecule has 1 fully saturated rings. The number of hydrogen-bond acceptors (Lipinski definition) is 4. The van der Waals surface area contributed by atoms with Crippen LogP contribution in [0.25, 0.3) is 11.6 Å². The van der Waals surface area contributed by atoms with Crippen LogP contribution in [0.1, 0.15) is 52.7 Å². The Morgan fingerprint density at radius 1 is 1.26 bits per heavy atom. The van der Waals surface area contributed by atoms with Crippen LogP contribution in [0.2, 0.25) is 5.02 Å². The lowest BCUT2D eigenvalue weighted by molar-refractivity contribution is -0.123. The number of carbonyl (C=O) groups is 2. The van der Waals surface area contributed by atoms with Crippen LogP contribution in [-0.2, 0) is 4.79 Å². The lowest BCUT2D eigenvalue weighted by Crippen LogP contribution is -2.44. The van der Waals surface area contributed by atoms with E-state index in [1.807, 2.05) is 26.0 Å². The summed E-state index contributed by atoms with van der Waals surface area (Å²) < 4.78 is 0. The predicted molar refractivity (Wildman–Crippen MR) is 115 cm³/mol. The first-order valence-corrected chi connectivity index (χ1v) is 10.3. The summed E-state index contributed by atoms with van der Waals surface area (Å²) in [7, 11) is 0. The number of anilines is 1. The Hall–Kier alpha value is -1.72. The van der Waals surface area contributed by atoms with E-state index in [2.05, 4.69) is 38.7 Å². The van der Waals surface area contributed by atoms with Crippen molar-refractivity contribution in [3.8, 4) is 0 Å². The topological polar surface area (TPSA) is 40.6 Å². The molecule has 27 heavy (non-hydrogen) atoms. The monoisotopic (exact) mass is 404 g/mol. The molecule has 2 heterocycles. The van der Waals surface area contributed by atoms with Crippen molar-refractivity contribution in [1.29, 1.82) is 0 Å². The normalized spacial score (nSPS) is 20.6. The Balaban J connectivity index is 2.07. The van der Waals surface area contributed by atoms with Crippen molar-refractivity contribution in [3.05, 3.63) is 39.3 Å². The Morgan fingerprint density at radius 3 is 2.48 bits per heavy atom. The number of benzene rings is 1. The van der Waals surface area contributed by atoms with Gasteiger partial charge in [-0.3, -0.25) is 14.5 Å². The molecule has 0 saturated carbocycles. The highest BCUT2D eigenvalue weighted by Crippen LogP contribution is 2.42. The largest absolute Gasteiger partial charge is 0.363 e. The minimum Gasteiger partial charge on any atom is -0.363 e. The molecule has 0 N–H and O–H groups in total. The molecular weight excluding hydrogens is 380 g/mol. The molecule has 2 aliphatic heterocycles. The summed E-state index contributed by atoms with van der Waals surface area (Å²) in [6.45, 7) is 13.1. The number of allylic oxidation sites excluding steroid dienone is 1. The van der Waals surface area contributed by atoms with Gasteiger partial charge in [0.05, 0.1) is 10.4 Å². The summed E-state index contributed by atoms with van der Waals surface area (Å²) >= 11 is 7.55. The minimum atomic E-state index is -0.252. The SMILES string of the molecule is CCN1c2cc(Cl)c(/C=C3/SC(=O)N(C(C)C)C3=O)cc2C(C)=CC1(C)C. The maximum atomic E-state index is 12.6. The molecule has 6 heteroatoms. The molecule has 144 valence electrons. The molecule has 0 radical (unpaired) electrons. The Bertz CT molecular complexity index is 886. The highest BCUT2D eigenvalue weighted by Gasteiger charge is 2.37. The maximum Gasteiger partial charge on any atom is 0.293 e. The summed E-state index contributed by atoms with van der Waals surface area (Å²) in [6, 6.07) is 3.83. The zero-order valence-electron chi connectivity index (χ0n) is 16.6. The minimum absolute atomic E-state index is 0.0867. The van der Waals surface area contributed by atoms with E-state index in [1.54, 1.807) is 6.08 Å². The van der Waals surface area contributed by atoms with Gasteiger partial charge in [0.25, 0.3) is 11.1 Å². The molecule has 3 rings (SSSR count). The first-order valence-electron chi connectivity index (χ1n) is 9.15. The number of imide groups is 1. The third-order valence-corrected chi connectivity index (χ3v) is 6.25. The Morgan fingerprint density at radius 2 is 1.93 bits per heavy atom. The Labute approximate surface area is 170 Å². The second-order valence-electron chi connectivity index (χ2n) is 7.76. The van der Waals surface area contributed by atoms with Crippen molar-refractivity contribution < 1.29 is 9.59 Å². The second kappa shape index (κ2) is 7.02. The van der Waals surface area contributed by atoms with E-state index in [0.29, 0.717) is 9.93 Å². The standard InChI is InChI=1S/C21H25ClN2O2S/c1-7-23-17-10-16(22)14(8-15(17)13(4)11-21(23,5)6)9-18-19(25)24(12(2)3)20(26)27-18/h8-12H,7H2,1-6H3/b18-9+. The fourth-order valence-corrected chi connectivity index (χ4v) is 5.03. The number of fused-ring (bicyclic) bond motifs is 1. The second-order valence-corrected chi connectivity index (χ2v) is 9.16. The molecule has 0 aromatic heterocycles. The van der Waals surface area contributed by atoms with Crippen LogP contribution in [0.15, 0.2) is 23.1 Å². The maximum absolute atomic E-state index is 12.6. The summed E-state index contributed by atoms with van der Waals surface area (Å²) in [5, 5.41) is 0.347. The quantitative estimate of drug-likeness (QED) is 0.596. The molecule has 0 bridgehead atoms. The fraction of sp³-hybridized carbons (Fsp3) is 0.429. The van der Waals surface area contributed by atoms with Crippen molar-refractivity contribution in [1.82, 2.24) is 4.90 Å². The number of nitrogens with zero attached hydrogens (tertiary/aromatic N) is 2. The highest BCUT2D eigenvalue weighted by molar-refractivity contribution is 8.18. The van der Waals surface area contributed by atoms with Gasteiger partial charge in [-0.25, -0.2) is 0 Å². The van der Waals surface area contributed by atoms with Crippen molar-refractivity contribution in [2.75, 3.05) is 11.4 Å². The summed E-state index contributed by atoms with van der Waals surface area (Å²) in [5.41, 5.74) is 4.06. The van der Waals surface area contributed by atoms with Gasteiger partial charge in [0, 0.05) is 28.9 Å². The molecule has 0 spiro atoms. The van der Waals surface area contributed by atoms with Gasteiger partial charge in [-0.2, -0.15) is 0 Å². The van der Waals surface area contributed by atoms with Gasteiger partial charge in [-0.1, -0.05) is 17.7 Å². The van der Waals surface area contributed by atoms with E-state index >= 15 is 0 Å². The average Bonchev–Trinajstić information content (AvgIpc) is 2.82. The number of halogens is 1. The van der Waals surface area contributed by atoms with Crippen LogP contribution < -0.4 is 4.90 Å². The number of rotatable bonds is 3. The Kier molecular flexibility index (Phi) is 5.21. The molecule has 1 aromatic carbocycles. The van der Waals surface area contributed by atoms with Crippen LogP contribution in [0.4, 0.5) is 10.5 Å². The van der Waals surface area contributed by atoms with Gasteiger partial charge in [0.1, 0.15) is 0 Å². The number of amides is 2.